The molecule has 0 spiro atoms. The fraction of sp³-hybridized carbons (Fsp3) is 0.263. The van der Waals surface area contributed by atoms with Crippen LogP contribution in [0.2, 0.25) is 0 Å². The fourth-order valence-corrected chi connectivity index (χ4v) is 3.18. The summed E-state index contributed by atoms with van der Waals surface area (Å²) in [5, 5.41) is 3.10. The first-order chi connectivity index (χ1) is 11.6. The second kappa shape index (κ2) is 7.53. The summed E-state index contributed by atoms with van der Waals surface area (Å²) < 4.78 is 0. The van der Waals surface area contributed by atoms with Crippen molar-refractivity contribution in [1.29, 1.82) is 0 Å². The normalized spacial score (nSPS) is 12.2. The van der Waals surface area contributed by atoms with E-state index in [9.17, 15) is 4.79 Å². The SMILES string of the molecule is Cc1ccc(CNC(=O)CSC(C)c2nc3ccccc3[nH]2)cc1. The number of thioether (sulfide) groups is 1. The molecule has 1 amide bonds. The highest BCUT2D eigenvalue weighted by atomic mass is 32.2. The van der Waals surface area contributed by atoms with Crippen LogP contribution >= 0.6 is 11.8 Å². The quantitative estimate of drug-likeness (QED) is 0.714. The zero-order valence-corrected chi connectivity index (χ0v) is 14.7. The second-order valence-corrected chi connectivity index (χ2v) is 7.18. The number of fused-ring (bicyclic) bond motifs is 1. The summed E-state index contributed by atoms with van der Waals surface area (Å²) in [4.78, 5) is 19.9. The van der Waals surface area contributed by atoms with Crippen molar-refractivity contribution in [1.82, 2.24) is 15.3 Å². The molecule has 0 radical (unpaired) electrons. The van der Waals surface area contributed by atoms with E-state index in [1.165, 1.54) is 5.56 Å². The van der Waals surface area contributed by atoms with Crippen LogP contribution in [0.4, 0.5) is 0 Å². The lowest BCUT2D eigenvalue weighted by Crippen LogP contribution is -2.24. The fourth-order valence-electron chi connectivity index (χ4n) is 2.40. The Morgan fingerprint density at radius 3 is 2.71 bits per heavy atom. The van der Waals surface area contributed by atoms with E-state index in [1.54, 1.807) is 11.8 Å². The molecule has 0 saturated carbocycles. The number of nitrogens with zero attached hydrogens (tertiary/aromatic N) is 1. The molecule has 1 unspecified atom stereocenters. The number of carbonyl (C=O) groups is 1. The Kier molecular flexibility index (Phi) is 5.20. The zero-order valence-electron chi connectivity index (χ0n) is 13.9. The number of rotatable bonds is 6. The Labute approximate surface area is 146 Å². The third kappa shape index (κ3) is 4.17. The molecule has 0 aliphatic rings. The number of aromatic amines is 1. The van der Waals surface area contributed by atoms with Crippen LogP contribution in [0.15, 0.2) is 48.5 Å². The van der Waals surface area contributed by atoms with E-state index in [0.29, 0.717) is 12.3 Å². The topological polar surface area (TPSA) is 57.8 Å². The van der Waals surface area contributed by atoms with Gasteiger partial charge in [0, 0.05) is 6.54 Å². The van der Waals surface area contributed by atoms with Crippen molar-refractivity contribution in [3.05, 3.63) is 65.5 Å². The molecule has 0 saturated heterocycles. The summed E-state index contributed by atoms with van der Waals surface area (Å²) in [6.45, 7) is 4.69. The van der Waals surface area contributed by atoms with Crippen LogP contribution in [0, 0.1) is 6.92 Å². The van der Waals surface area contributed by atoms with Crippen LogP contribution in [0.5, 0.6) is 0 Å². The molecule has 24 heavy (non-hydrogen) atoms. The molecule has 2 N–H and O–H groups in total. The molecule has 5 heteroatoms. The molecule has 1 atom stereocenters. The van der Waals surface area contributed by atoms with Crippen molar-refractivity contribution in [2.45, 2.75) is 25.6 Å². The van der Waals surface area contributed by atoms with E-state index < -0.39 is 0 Å². The first-order valence-electron chi connectivity index (χ1n) is 8.00. The molecule has 3 aromatic rings. The van der Waals surface area contributed by atoms with Gasteiger partial charge in [-0.1, -0.05) is 42.0 Å². The maximum absolute atomic E-state index is 12.0. The van der Waals surface area contributed by atoms with Crippen LogP contribution in [0.25, 0.3) is 11.0 Å². The standard InChI is InChI=1S/C19H21N3OS/c1-13-7-9-15(10-8-13)11-20-18(23)12-24-14(2)19-21-16-5-3-4-6-17(16)22-19/h3-10,14H,11-12H2,1-2H3,(H,20,23)(H,21,22). The van der Waals surface area contributed by atoms with Gasteiger partial charge in [-0.3, -0.25) is 4.79 Å². The average Bonchev–Trinajstić information content (AvgIpc) is 3.03. The molecule has 124 valence electrons. The van der Waals surface area contributed by atoms with Gasteiger partial charge in [0.15, 0.2) is 0 Å². The number of imidazole rings is 1. The van der Waals surface area contributed by atoms with Crippen molar-refractivity contribution in [3.63, 3.8) is 0 Å². The Morgan fingerprint density at radius 2 is 1.96 bits per heavy atom. The molecule has 4 nitrogen and oxygen atoms in total. The lowest BCUT2D eigenvalue weighted by atomic mass is 10.1. The maximum atomic E-state index is 12.0. The molecule has 0 fully saturated rings. The minimum Gasteiger partial charge on any atom is -0.351 e. The first-order valence-corrected chi connectivity index (χ1v) is 9.05. The number of carbonyl (C=O) groups excluding carboxylic acids is 1. The van der Waals surface area contributed by atoms with Gasteiger partial charge >= 0.3 is 0 Å². The van der Waals surface area contributed by atoms with Gasteiger partial charge in [0.2, 0.25) is 5.91 Å². The number of benzene rings is 2. The molecule has 2 aromatic carbocycles. The monoisotopic (exact) mass is 339 g/mol. The molecular weight excluding hydrogens is 318 g/mol. The number of para-hydroxylation sites is 2. The van der Waals surface area contributed by atoms with Crippen molar-refractivity contribution >= 4 is 28.7 Å². The lowest BCUT2D eigenvalue weighted by molar-refractivity contribution is -0.118. The van der Waals surface area contributed by atoms with Crippen LogP contribution in [-0.2, 0) is 11.3 Å². The summed E-state index contributed by atoms with van der Waals surface area (Å²) in [5.74, 6) is 1.38. The van der Waals surface area contributed by atoms with Gasteiger partial charge in [0.25, 0.3) is 0 Å². The van der Waals surface area contributed by atoms with E-state index in [-0.39, 0.29) is 11.2 Å². The van der Waals surface area contributed by atoms with Crippen LogP contribution < -0.4 is 5.32 Å². The third-order valence-electron chi connectivity index (χ3n) is 3.87. The Hall–Kier alpha value is -2.27. The van der Waals surface area contributed by atoms with Crippen molar-refractivity contribution in [2.75, 3.05) is 5.75 Å². The summed E-state index contributed by atoms with van der Waals surface area (Å²) in [7, 11) is 0. The highest BCUT2D eigenvalue weighted by molar-refractivity contribution is 8.00. The number of hydrogen-bond acceptors (Lipinski definition) is 3. The predicted octanol–water partition coefficient (Wildman–Crippen LogP) is 3.98. The smallest absolute Gasteiger partial charge is 0.230 e. The van der Waals surface area contributed by atoms with Crippen molar-refractivity contribution in [3.8, 4) is 0 Å². The largest absolute Gasteiger partial charge is 0.351 e. The highest BCUT2D eigenvalue weighted by Gasteiger charge is 2.13. The Morgan fingerprint density at radius 1 is 1.21 bits per heavy atom. The van der Waals surface area contributed by atoms with Gasteiger partial charge in [-0.15, -0.1) is 11.8 Å². The molecule has 1 aromatic heterocycles. The number of aromatic nitrogens is 2. The van der Waals surface area contributed by atoms with Crippen LogP contribution in [-0.4, -0.2) is 21.6 Å². The van der Waals surface area contributed by atoms with Gasteiger partial charge < -0.3 is 10.3 Å². The Bertz CT molecular complexity index is 793. The van der Waals surface area contributed by atoms with Gasteiger partial charge in [-0.25, -0.2) is 4.98 Å². The Balaban J connectivity index is 1.49. The van der Waals surface area contributed by atoms with E-state index in [2.05, 4.69) is 41.3 Å². The molecular formula is C19H21N3OS. The third-order valence-corrected chi connectivity index (χ3v) is 5.02. The highest BCUT2D eigenvalue weighted by Crippen LogP contribution is 2.27. The van der Waals surface area contributed by atoms with Gasteiger partial charge in [0.05, 0.1) is 22.0 Å². The molecule has 0 aliphatic heterocycles. The van der Waals surface area contributed by atoms with Gasteiger partial charge in [0.1, 0.15) is 5.82 Å². The summed E-state index contributed by atoms with van der Waals surface area (Å²) in [5.41, 5.74) is 4.33. The molecule has 3 rings (SSSR count). The second-order valence-electron chi connectivity index (χ2n) is 5.85. The summed E-state index contributed by atoms with van der Waals surface area (Å²) >= 11 is 1.58. The lowest BCUT2D eigenvalue weighted by Gasteiger charge is -2.09. The molecule has 0 bridgehead atoms. The number of H-pyrrole nitrogens is 1. The first kappa shape index (κ1) is 16.6. The summed E-state index contributed by atoms with van der Waals surface area (Å²) in [6, 6.07) is 16.2. The maximum Gasteiger partial charge on any atom is 0.230 e. The summed E-state index contributed by atoms with van der Waals surface area (Å²) in [6.07, 6.45) is 0. The van der Waals surface area contributed by atoms with E-state index in [1.807, 2.05) is 36.4 Å². The van der Waals surface area contributed by atoms with E-state index >= 15 is 0 Å². The molecule has 0 aliphatic carbocycles. The number of hydrogen-bond donors (Lipinski definition) is 2. The van der Waals surface area contributed by atoms with Gasteiger partial charge in [-0.2, -0.15) is 0 Å². The van der Waals surface area contributed by atoms with Crippen LogP contribution in [0.1, 0.15) is 29.1 Å². The zero-order chi connectivity index (χ0) is 16.9. The van der Waals surface area contributed by atoms with E-state index in [0.717, 1.165) is 22.4 Å². The number of nitrogens with one attached hydrogen (secondary N) is 2. The molecule has 1 heterocycles. The average molecular weight is 339 g/mol. The van der Waals surface area contributed by atoms with Crippen molar-refractivity contribution < 1.29 is 4.79 Å². The van der Waals surface area contributed by atoms with Gasteiger partial charge in [-0.05, 0) is 31.5 Å². The number of amides is 1. The minimum atomic E-state index is 0.0449. The minimum absolute atomic E-state index is 0.0449. The van der Waals surface area contributed by atoms with Crippen LogP contribution in [0.3, 0.4) is 0 Å². The van der Waals surface area contributed by atoms with E-state index in [4.69, 9.17) is 0 Å². The van der Waals surface area contributed by atoms with Crippen molar-refractivity contribution in [2.24, 2.45) is 0 Å². The predicted molar refractivity (Wildman–Crippen MR) is 100.0 cm³/mol. The number of aryl methyl sites for hydroxylation is 1.